The van der Waals surface area contributed by atoms with Crippen molar-refractivity contribution in [2.24, 2.45) is 4.99 Å². The number of hydrogen-bond acceptors (Lipinski definition) is 3. The van der Waals surface area contributed by atoms with Gasteiger partial charge in [0.05, 0.1) is 23.6 Å². The molecule has 5 heteroatoms. The van der Waals surface area contributed by atoms with Gasteiger partial charge in [0.25, 0.3) is 0 Å². The van der Waals surface area contributed by atoms with E-state index in [1.165, 1.54) is 4.90 Å². The third-order valence-corrected chi connectivity index (χ3v) is 5.68. The van der Waals surface area contributed by atoms with E-state index in [4.69, 9.17) is 21.6 Å². The summed E-state index contributed by atoms with van der Waals surface area (Å²) < 4.78 is 2.22. The van der Waals surface area contributed by atoms with Crippen LogP contribution < -0.4 is 0 Å². The zero-order chi connectivity index (χ0) is 17.6. The quantitative estimate of drug-likeness (QED) is 0.581. The summed E-state index contributed by atoms with van der Waals surface area (Å²) in [5, 5.41) is 0.717. The van der Waals surface area contributed by atoms with Crippen molar-refractivity contribution in [2.45, 2.75) is 25.3 Å². The number of hydrogen-bond donors (Lipinski definition) is 0. The molecule has 2 heterocycles. The summed E-state index contributed by atoms with van der Waals surface area (Å²) in [6.45, 7) is 4.70. The molecule has 0 spiro atoms. The third kappa shape index (κ3) is 2.70. The Bertz CT molecular complexity index is 1000. The number of rotatable bonds is 2. The van der Waals surface area contributed by atoms with Gasteiger partial charge in [-0.2, -0.15) is 0 Å². The Morgan fingerprint density at radius 3 is 2.64 bits per heavy atom. The second kappa shape index (κ2) is 6.36. The molecule has 0 amide bonds. The van der Waals surface area contributed by atoms with Crippen molar-refractivity contribution >= 4 is 29.1 Å². The zero-order valence-electron chi connectivity index (χ0n) is 14.4. The van der Waals surface area contributed by atoms with Crippen molar-refractivity contribution < 1.29 is 0 Å². The van der Waals surface area contributed by atoms with Gasteiger partial charge in [-0.25, -0.2) is 4.98 Å². The zero-order valence-corrected chi connectivity index (χ0v) is 15.9. The Labute approximate surface area is 156 Å². The number of aliphatic imine (C=N–C) groups is 1. The Morgan fingerprint density at radius 2 is 1.88 bits per heavy atom. The fraction of sp³-hybridized carbons (Fsp3) is 0.200. The van der Waals surface area contributed by atoms with Gasteiger partial charge in [-0.05, 0) is 44.4 Å². The molecular weight excluding hydrogens is 350 g/mol. The normalized spacial score (nSPS) is 13.0. The fourth-order valence-corrected chi connectivity index (χ4v) is 3.92. The van der Waals surface area contributed by atoms with Gasteiger partial charge in [0.2, 0.25) is 0 Å². The molecule has 0 saturated carbocycles. The molecular formula is C20H18ClN3S. The third-order valence-electron chi connectivity index (χ3n) is 4.62. The van der Waals surface area contributed by atoms with Crippen LogP contribution in [0.1, 0.15) is 28.3 Å². The average molecular weight is 368 g/mol. The lowest BCUT2D eigenvalue weighted by atomic mass is 10.00. The second-order valence-corrected chi connectivity index (χ2v) is 7.35. The Balaban J connectivity index is 2.03. The number of fused-ring (bicyclic) bond motifs is 3. The first-order valence-corrected chi connectivity index (χ1v) is 9.73. The van der Waals surface area contributed by atoms with Crippen LogP contribution >= 0.6 is 23.4 Å². The monoisotopic (exact) mass is 367 g/mol. The van der Waals surface area contributed by atoms with Crippen molar-refractivity contribution in [1.29, 1.82) is 0 Å². The second-order valence-electron chi connectivity index (χ2n) is 6.06. The molecule has 0 atom stereocenters. The van der Waals surface area contributed by atoms with Crippen LogP contribution in [0.2, 0.25) is 5.02 Å². The molecule has 0 saturated heterocycles. The lowest BCUT2D eigenvalue weighted by Crippen LogP contribution is -2.09. The minimum atomic E-state index is 0.540. The Morgan fingerprint density at radius 1 is 1.08 bits per heavy atom. The minimum absolute atomic E-state index is 0.540. The van der Waals surface area contributed by atoms with Gasteiger partial charge in [-0.3, -0.25) is 9.56 Å². The highest BCUT2D eigenvalue weighted by Gasteiger charge is 2.23. The molecule has 126 valence electrons. The molecule has 0 N–H and O–H groups in total. The summed E-state index contributed by atoms with van der Waals surface area (Å²) in [5.41, 5.74) is 6.30. The predicted octanol–water partition coefficient (Wildman–Crippen LogP) is 5.22. The molecule has 1 aromatic heterocycles. The van der Waals surface area contributed by atoms with Gasteiger partial charge < -0.3 is 0 Å². The largest absolute Gasteiger partial charge is 0.298 e. The van der Waals surface area contributed by atoms with Crippen molar-refractivity contribution in [3.05, 3.63) is 75.8 Å². The first-order valence-electron chi connectivity index (χ1n) is 8.13. The topological polar surface area (TPSA) is 30.2 Å². The molecule has 25 heavy (non-hydrogen) atoms. The van der Waals surface area contributed by atoms with E-state index in [2.05, 4.69) is 35.9 Å². The number of imidazole rings is 1. The van der Waals surface area contributed by atoms with E-state index in [0.717, 1.165) is 39.7 Å². The van der Waals surface area contributed by atoms with Crippen LogP contribution in [0.3, 0.4) is 0 Å². The van der Waals surface area contributed by atoms with E-state index in [0.29, 0.717) is 11.6 Å². The van der Waals surface area contributed by atoms with E-state index in [-0.39, 0.29) is 0 Å². The number of halogens is 1. The maximum atomic E-state index is 6.48. The van der Waals surface area contributed by atoms with Gasteiger partial charge >= 0.3 is 0 Å². The minimum Gasteiger partial charge on any atom is -0.298 e. The van der Waals surface area contributed by atoms with Crippen LogP contribution in [-0.4, -0.2) is 21.5 Å². The van der Waals surface area contributed by atoms with E-state index < -0.39 is 0 Å². The Hall–Kier alpha value is -2.04. The van der Waals surface area contributed by atoms with E-state index in [1.54, 1.807) is 11.8 Å². The maximum absolute atomic E-state index is 6.48. The van der Waals surface area contributed by atoms with Crippen LogP contribution in [0.4, 0.5) is 0 Å². The molecule has 0 fully saturated rings. The number of benzene rings is 2. The maximum Gasteiger partial charge on any atom is 0.135 e. The highest BCUT2D eigenvalue weighted by Crippen LogP contribution is 2.32. The molecule has 0 bridgehead atoms. The standard InChI is InChI=1S/C20H18ClN3S/c1-12-13(2)24-18-9-8-14(25-3)10-16(18)20(22-11-19(24)23-12)15-6-4-5-7-17(15)21/h4-10H,11H2,1-3H3. The van der Waals surface area contributed by atoms with Crippen molar-refractivity contribution in [3.63, 3.8) is 0 Å². The molecule has 4 rings (SSSR count). The molecule has 3 aromatic rings. The predicted molar refractivity (Wildman–Crippen MR) is 106 cm³/mol. The summed E-state index contributed by atoms with van der Waals surface area (Å²) >= 11 is 8.21. The molecule has 1 aliphatic rings. The van der Waals surface area contributed by atoms with E-state index in [1.807, 2.05) is 31.2 Å². The smallest absolute Gasteiger partial charge is 0.135 e. The highest BCUT2D eigenvalue weighted by atomic mass is 35.5. The number of thioether (sulfide) groups is 1. The number of aromatic nitrogens is 2. The van der Waals surface area contributed by atoms with Gasteiger partial charge in [0.15, 0.2) is 0 Å². The molecule has 2 aromatic carbocycles. The summed E-state index contributed by atoms with van der Waals surface area (Å²) in [7, 11) is 0. The Kier molecular flexibility index (Phi) is 4.18. The van der Waals surface area contributed by atoms with E-state index in [9.17, 15) is 0 Å². The van der Waals surface area contributed by atoms with E-state index >= 15 is 0 Å². The van der Waals surface area contributed by atoms with Crippen LogP contribution in [-0.2, 0) is 6.54 Å². The van der Waals surface area contributed by atoms with Crippen LogP contribution in [0.25, 0.3) is 5.69 Å². The summed E-state index contributed by atoms with van der Waals surface area (Å²) in [6, 6.07) is 14.4. The number of aryl methyl sites for hydroxylation is 1. The molecule has 0 radical (unpaired) electrons. The summed E-state index contributed by atoms with van der Waals surface area (Å²) in [5.74, 6) is 0.968. The molecule has 0 aliphatic carbocycles. The summed E-state index contributed by atoms with van der Waals surface area (Å²) in [6.07, 6.45) is 2.09. The van der Waals surface area contributed by atoms with Crippen LogP contribution in [0, 0.1) is 13.8 Å². The van der Waals surface area contributed by atoms with Crippen molar-refractivity contribution in [2.75, 3.05) is 6.26 Å². The van der Waals surface area contributed by atoms with Gasteiger partial charge in [0, 0.05) is 26.7 Å². The number of nitrogens with zero attached hydrogens (tertiary/aromatic N) is 3. The molecule has 1 aliphatic heterocycles. The first-order chi connectivity index (χ1) is 12.1. The lowest BCUT2D eigenvalue weighted by Gasteiger charge is -2.15. The average Bonchev–Trinajstić information content (AvgIpc) is 2.81. The lowest BCUT2D eigenvalue weighted by molar-refractivity contribution is 0.862. The van der Waals surface area contributed by atoms with Gasteiger partial charge in [-0.1, -0.05) is 29.8 Å². The fourth-order valence-electron chi connectivity index (χ4n) is 3.25. The SMILES string of the molecule is CSc1ccc2c(c1)C(c1ccccc1Cl)=NCc1nc(C)c(C)n1-2. The first kappa shape index (κ1) is 16.4. The van der Waals surface area contributed by atoms with Crippen LogP contribution in [0.15, 0.2) is 52.4 Å². The van der Waals surface area contributed by atoms with Gasteiger partial charge in [-0.15, -0.1) is 11.8 Å². The highest BCUT2D eigenvalue weighted by molar-refractivity contribution is 7.98. The van der Waals surface area contributed by atoms with Crippen molar-refractivity contribution in [3.8, 4) is 5.69 Å². The van der Waals surface area contributed by atoms with Gasteiger partial charge in [0.1, 0.15) is 5.82 Å². The molecule has 0 unspecified atom stereocenters. The van der Waals surface area contributed by atoms with Crippen molar-refractivity contribution in [1.82, 2.24) is 9.55 Å². The summed E-state index contributed by atoms with van der Waals surface area (Å²) in [4.78, 5) is 10.8. The molecule has 3 nitrogen and oxygen atoms in total. The van der Waals surface area contributed by atoms with Crippen LogP contribution in [0.5, 0.6) is 0 Å².